The minimum absolute atomic E-state index is 0.0442. The molecular weight excluding hydrogens is 450 g/mol. The lowest BCUT2D eigenvalue weighted by Gasteiger charge is -2.23. The van der Waals surface area contributed by atoms with Gasteiger partial charge in [-0.05, 0) is 59.9 Å². The number of aryl methyl sites for hydroxylation is 1. The number of nitrogens with one attached hydrogen (secondary N) is 2. The van der Waals surface area contributed by atoms with Gasteiger partial charge in [0.05, 0.1) is 5.69 Å². The molecular formula is C25H37N5O5. The fourth-order valence-electron chi connectivity index (χ4n) is 3.14. The van der Waals surface area contributed by atoms with Crippen LogP contribution < -0.4 is 16.4 Å². The number of rotatable bonds is 8. The predicted molar refractivity (Wildman–Crippen MR) is 133 cm³/mol. The van der Waals surface area contributed by atoms with Crippen LogP contribution in [0.25, 0.3) is 0 Å². The molecule has 1 heterocycles. The zero-order valence-corrected chi connectivity index (χ0v) is 21.4. The molecule has 1 atom stereocenters. The highest BCUT2D eigenvalue weighted by Gasteiger charge is 2.25. The van der Waals surface area contributed by atoms with E-state index < -0.39 is 29.4 Å². The van der Waals surface area contributed by atoms with Gasteiger partial charge in [0.1, 0.15) is 17.2 Å². The molecule has 1 aromatic heterocycles. The smallest absolute Gasteiger partial charge is 0.421 e. The van der Waals surface area contributed by atoms with E-state index in [2.05, 4.69) is 15.6 Å². The van der Waals surface area contributed by atoms with E-state index in [4.69, 9.17) is 15.2 Å². The molecule has 0 spiro atoms. The van der Waals surface area contributed by atoms with Crippen molar-refractivity contribution in [1.29, 1.82) is 0 Å². The van der Waals surface area contributed by atoms with E-state index >= 15 is 0 Å². The number of ether oxygens (including phenoxy) is 2. The van der Waals surface area contributed by atoms with Crippen molar-refractivity contribution in [2.75, 3.05) is 12.3 Å². The van der Waals surface area contributed by atoms with Crippen molar-refractivity contribution in [2.24, 2.45) is 0 Å². The van der Waals surface area contributed by atoms with E-state index in [1.807, 2.05) is 30.3 Å². The molecule has 0 unspecified atom stereocenters. The summed E-state index contributed by atoms with van der Waals surface area (Å²) in [6, 6.07) is 8.62. The highest BCUT2D eigenvalue weighted by Crippen LogP contribution is 2.13. The first-order valence-electron chi connectivity index (χ1n) is 11.6. The Morgan fingerprint density at radius 2 is 1.66 bits per heavy atom. The number of nitrogens with two attached hydrogens (primary N) is 1. The van der Waals surface area contributed by atoms with Crippen LogP contribution in [0.4, 0.5) is 15.5 Å². The van der Waals surface area contributed by atoms with E-state index in [0.29, 0.717) is 31.5 Å². The number of anilines is 1. The first-order chi connectivity index (χ1) is 16.2. The molecule has 192 valence electrons. The van der Waals surface area contributed by atoms with Gasteiger partial charge in [-0.3, -0.25) is 4.79 Å². The van der Waals surface area contributed by atoms with E-state index in [1.165, 1.54) is 10.8 Å². The molecule has 0 aliphatic heterocycles. The third-order valence-corrected chi connectivity index (χ3v) is 4.57. The number of nitrogens with zero attached hydrogens (tertiary/aromatic N) is 2. The molecule has 0 bridgehead atoms. The van der Waals surface area contributed by atoms with Gasteiger partial charge in [0, 0.05) is 19.2 Å². The van der Waals surface area contributed by atoms with Crippen molar-refractivity contribution in [3.8, 4) is 0 Å². The van der Waals surface area contributed by atoms with Crippen LogP contribution in [0, 0.1) is 0 Å². The van der Waals surface area contributed by atoms with Crippen LogP contribution in [0.1, 0.15) is 59.2 Å². The predicted octanol–water partition coefficient (Wildman–Crippen LogP) is 3.43. The number of nitrogen functional groups attached to an aromatic ring is 1. The van der Waals surface area contributed by atoms with Crippen molar-refractivity contribution in [3.05, 3.63) is 47.8 Å². The summed E-state index contributed by atoms with van der Waals surface area (Å²) >= 11 is 0. The van der Waals surface area contributed by atoms with Crippen LogP contribution in [0.15, 0.2) is 36.5 Å². The number of carbonyl (C=O) groups is 3. The number of benzene rings is 1. The highest BCUT2D eigenvalue weighted by molar-refractivity contribution is 5.86. The maximum Gasteiger partial charge on any atom is 0.421 e. The van der Waals surface area contributed by atoms with Gasteiger partial charge in [0.15, 0.2) is 0 Å². The number of amides is 2. The Balaban J connectivity index is 1.93. The second-order valence-corrected chi connectivity index (χ2v) is 10.2. The van der Waals surface area contributed by atoms with E-state index in [9.17, 15) is 14.4 Å². The molecule has 10 nitrogen and oxygen atoms in total. The Hall–Kier alpha value is -3.56. The first kappa shape index (κ1) is 27.7. The van der Waals surface area contributed by atoms with Crippen molar-refractivity contribution in [2.45, 2.75) is 78.0 Å². The summed E-state index contributed by atoms with van der Waals surface area (Å²) in [5.41, 5.74) is 6.03. The Labute approximate surface area is 206 Å². The van der Waals surface area contributed by atoms with Gasteiger partial charge >= 0.3 is 12.2 Å². The molecule has 35 heavy (non-hydrogen) atoms. The van der Waals surface area contributed by atoms with E-state index in [0.717, 1.165) is 5.56 Å². The summed E-state index contributed by atoms with van der Waals surface area (Å²) in [6.07, 6.45) is 1.65. The summed E-state index contributed by atoms with van der Waals surface area (Å²) in [7, 11) is 0. The van der Waals surface area contributed by atoms with E-state index in [1.54, 1.807) is 41.5 Å². The standard InChI is InChI=1S/C25H37N5O5/c1-24(2,3)34-22(32)29-19(15-17-11-8-7-9-12-17)20(31)27-14-10-13-18-16-30(21(26)28-18)23(33)35-25(4,5)6/h7-9,11-12,16,19H,10,13-15H2,1-6H3,(H2,26,28)(H,27,31)(H,29,32)/t19-/m0/s1. The first-order valence-corrected chi connectivity index (χ1v) is 11.6. The van der Waals surface area contributed by atoms with Gasteiger partial charge in [-0.2, -0.15) is 0 Å². The molecule has 0 aliphatic carbocycles. The zero-order valence-electron chi connectivity index (χ0n) is 21.4. The van der Waals surface area contributed by atoms with Crippen LogP contribution in [-0.4, -0.2) is 51.4 Å². The largest absolute Gasteiger partial charge is 0.444 e. The molecule has 0 saturated carbocycles. The fourth-order valence-corrected chi connectivity index (χ4v) is 3.14. The lowest BCUT2D eigenvalue weighted by atomic mass is 10.1. The lowest BCUT2D eigenvalue weighted by Crippen LogP contribution is -2.49. The second-order valence-electron chi connectivity index (χ2n) is 10.2. The SMILES string of the molecule is CC(C)(C)OC(=O)N[C@@H](Cc1ccccc1)C(=O)NCCCc1cn(C(=O)OC(C)(C)C)c(N)n1. The van der Waals surface area contributed by atoms with Crippen LogP contribution in [0.5, 0.6) is 0 Å². The molecule has 0 fully saturated rings. The number of hydrogen-bond donors (Lipinski definition) is 3. The quantitative estimate of drug-likeness (QED) is 0.485. The minimum atomic E-state index is -0.797. The number of imidazole rings is 1. The molecule has 0 radical (unpaired) electrons. The second kappa shape index (κ2) is 11.7. The summed E-state index contributed by atoms with van der Waals surface area (Å²) in [6.45, 7) is 10.9. The maximum atomic E-state index is 12.9. The van der Waals surface area contributed by atoms with Gasteiger partial charge in [0.25, 0.3) is 0 Å². The molecule has 0 saturated heterocycles. The van der Waals surface area contributed by atoms with Crippen LogP contribution in [-0.2, 0) is 27.1 Å². The van der Waals surface area contributed by atoms with Crippen molar-refractivity contribution >= 4 is 24.0 Å². The molecule has 0 aliphatic rings. The average Bonchev–Trinajstić information content (AvgIpc) is 3.09. The van der Waals surface area contributed by atoms with Gasteiger partial charge in [0.2, 0.25) is 11.9 Å². The molecule has 1 aromatic carbocycles. The number of alkyl carbamates (subject to hydrolysis) is 1. The molecule has 2 amide bonds. The minimum Gasteiger partial charge on any atom is -0.444 e. The summed E-state index contributed by atoms with van der Waals surface area (Å²) in [5, 5.41) is 5.52. The van der Waals surface area contributed by atoms with Crippen LogP contribution in [0.3, 0.4) is 0 Å². The average molecular weight is 488 g/mol. The Bertz CT molecular complexity index is 1010. The van der Waals surface area contributed by atoms with Crippen molar-refractivity contribution in [3.63, 3.8) is 0 Å². The molecule has 2 rings (SSSR count). The molecule has 4 N–H and O–H groups in total. The Kier molecular flexibility index (Phi) is 9.27. The van der Waals surface area contributed by atoms with Gasteiger partial charge in [-0.1, -0.05) is 30.3 Å². The van der Waals surface area contributed by atoms with Crippen molar-refractivity contribution in [1.82, 2.24) is 20.2 Å². The third-order valence-electron chi connectivity index (χ3n) is 4.57. The third kappa shape index (κ3) is 10.1. The molecule has 2 aromatic rings. The summed E-state index contributed by atoms with van der Waals surface area (Å²) in [5.74, 6) is -0.277. The van der Waals surface area contributed by atoms with Crippen molar-refractivity contribution < 1.29 is 23.9 Å². The molecule has 10 heteroatoms. The highest BCUT2D eigenvalue weighted by atomic mass is 16.6. The van der Waals surface area contributed by atoms with E-state index in [-0.39, 0.29) is 11.9 Å². The number of carbonyl (C=O) groups excluding carboxylic acids is 3. The van der Waals surface area contributed by atoms with Crippen LogP contribution in [0.2, 0.25) is 0 Å². The Morgan fingerprint density at radius 1 is 1.03 bits per heavy atom. The summed E-state index contributed by atoms with van der Waals surface area (Å²) in [4.78, 5) is 41.6. The van der Waals surface area contributed by atoms with Crippen LogP contribution >= 0.6 is 0 Å². The zero-order chi connectivity index (χ0) is 26.2. The monoisotopic (exact) mass is 487 g/mol. The maximum absolute atomic E-state index is 12.9. The lowest BCUT2D eigenvalue weighted by molar-refractivity contribution is -0.123. The topological polar surface area (TPSA) is 138 Å². The van der Waals surface area contributed by atoms with Gasteiger partial charge in [-0.25, -0.2) is 19.1 Å². The number of aromatic nitrogens is 2. The van der Waals surface area contributed by atoms with Gasteiger partial charge in [-0.15, -0.1) is 0 Å². The summed E-state index contributed by atoms with van der Waals surface area (Å²) < 4.78 is 11.8. The number of hydrogen-bond acceptors (Lipinski definition) is 7. The fraction of sp³-hybridized carbons (Fsp3) is 0.520. The Morgan fingerprint density at radius 3 is 2.26 bits per heavy atom. The normalized spacial score (nSPS) is 12.5. The van der Waals surface area contributed by atoms with Gasteiger partial charge < -0.3 is 25.8 Å².